The van der Waals surface area contributed by atoms with Gasteiger partial charge in [0.15, 0.2) is 0 Å². The van der Waals surface area contributed by atoms with Crippen LogP contribution in [0.5, 0.6) is 0 Å². The van der Waals surface area contributed by atoms with Crippen LogP contribution in [0.1, 0.15) is 101 Å². The zero-order valence-electron chi connectivity index (χ0n) is 23.9. The minimum Gasteiger partial charge on any atom is -1.00 e. The number of benzene rings is 2. The van der Waals surface area contributed by atoms with E-state index in [1.54, 1.807) is 0 Å². The van der Waals surface area contributed by atoms with Crippen molar-refractivity contribution in [2.45, 2.75) is 105 Å². The molecule has 0 aromatic heterocycles. The van der Waals surface area contributed by atoms with Crippen molar-refractivity contribution in [1.29, 1.82) is 0 Å². The fourth-order valence-electron chi connectivity index (χ4n) is 4.48. The second kappa shape index (κ2) is 14.0. The third-order valence-corrected chi connectivity index (χ3v) is 11.5. The standard InChI is InChI=1S/C28H46N2OSi2.Bi.ClH/c1-19(2)23-15-13-16-24(20(3)4)27(23)29-32(9,10)31-33(11,12)30-28-25(21(5)6)17-14-18-26(28)22(7)8;;/h13-22H,1-12H3;;1H/q-2;+3;/p-1. The van der Waals surface area contributed by atoms with Crippen molar-refractivity contribution in [3.05, 3.63) is 68.6 Å². The normalized spacial score (nSPS) is 12.1. The molecule has 0 N–H and O–H groups in total. The number of halogens is 1. The molecule has 0 aliphatic heterocycles. The Labute approximate surface area is 243 Å². The van der Waals surface area contributed by atoms with E-state index < -0.39 is 17.0 Å². The van der Waals surface area contributed by atoms with Gasteiger partial charge in [0.1, 0.15) is 0 Å². The van der Waals surface area contributed by atoms with Crippen LogP contribution < -0.4 is 12.4 Å². The number of hydrogen-bond acceptors (Lipinski definition) is 1. The Morgan fingerprint density at radius 1 is 0.543 bits per heavy atom. The van der Waals surface area contributed by atoms with Gasteiger partial charge in [-0.1, -0.05) is 140 Å². The van der Waals surface area contributed by atoms with Crippen LogP contribution in [0, 0.1) is 0 Å². The zero-order valence-corrected chi connectivity index (χ0v) is 30.1. The number of rotatable bonds is 10. The number of nitrogens with zero attached hydrogens (tertiary/aromatic N) is 2. The van der Waals surface area contributed by atoms with Gasteiger partial charge in [0.25, 0.3) is 0 Å². The maximum absolute atomic E-state index is 6.92. The second-order valence-electron chi connectivity index (χ2n) is 11.4. The van der Waals surface area contributed by atoms with Crippen LogP contribution in [0.3, 0.4) is 0 Å². The van der Waals surface area contributed by atoms with Gasteiger partial charge in [0, 0.05) is 0 Å². The van der Waals surface area contributed by atoms with E-state index in [-0.39, 0.29) is 38.6 Å². The first-order valence-electron chi connectivity index (χ1n) is 12.6. The smallest absolute Gasteiger partial charge is 1.00 e. The summed E-state index contributed by atoms with van der Waals surface area (Å²) in [6.07, 6.45) is 0. The molecule has 0 saturated heterocycles. The summed E-state index contributed by atoms with van der Waals surface area (Å²) in [4.78, 5) is 10.7. The summed E-state index contributed by atoms with van der Waals surface area (Å²) in [5.74, 6) is 1.70. The fourth-order valence-corrected chi connectivity index (χ4v) is 11.3. The van der Waals surface area contributed by atoms with E-state index in [4.69, 9.17) is 14.1 Å². The van der Waals surface area contributed by atoms with Gasteiger partial charge in [-0.2, -0.15) is 0 Å². The predicted octanol–water partition coefficient (Wildman–Crippen LogP) is 6.93. The van der Waals surface area contributed by atoms with Crippen molar-refractivity contribution in [3.63, 3.8) is 0 Å². The molecule has 2 rings (SSSR count). The SMILES string of the molecule is CC(C)c1cccc(C(C)C)c1[N-][Si](C)(C)O[Si](C)(C)[N-]c1c(C(C)C)cccc1C(C)C.[Bi+3].[Cl-]. The molecule has 0 heterocycles. The van der Waals surface area contributed by atoms with Crippen LogP contribution in [-0.4, -0.2) is 43.2 Å². The molecule has 0 saturated carbocycles. The topological polar surface area (TPSA) is 37.4 Å². The van der Waals surface area contributed by atoms with Crippen molar-refractivity contribution in [2.75, 3.05) is 0 Å². The molecule has 0 aliphatic rings. The van der Waals surface area contributed by atoms with E-state index in [1.807, 2.05) is 0 Å². The Morgan fingerprint density at radius 2 is 0.771 bits per heavy atom. The monoisotopic (exact) mass is 726 g/mol. The Morgan fingerprint density at radius 3 is 0.971 bits per heavy atom. The van der Waals surface area contributed by atoms with Crippen LogP contribution >= 0.6 is 0 Å². The van der Waals surface area contributed by atoms with Gasteiger partial charge in [0.05, 0.1) is 17.0 Å². The molecule has 3 nitrogen and oxygen atoms in total. The minimum absolute atomic E-state index is 0. The fraction of sp³-hybridized carbons (Fsp3) is 0.571. The van der Waals surface area contributed by atoms with Crippen LogP contribution in [0.15, 0.2) is 36.4 Å². The van der Waals surface area contributed by atoms with Crippen molar-refractivity contribution in [1.82, 2.24) is 0 Å². The molecule has 0 aliphatic carbocycles. The van der Waals surface area contributed by atoms with E-state index >= 15 is 0 Å². The maximum atomic E-state index is 6.92. The van der Waals surface area contributed by atoms with Crippen LogP contribution in [-0.2, 0) is 4.12 Å². The van der Waals surface area contributed by atoms with E-state index in [2.05, 4.69) is 118 Å². The van der Waals surface area contributed by atoms with Gasteiger partial charge in [-0.05, 0) is 23.7 Å². The van der Waals surface area contributed by atoms with Crippen LogP contribution in [0.2, 0.25) is 26.2 Å². The predicted molar refractivity (Wildman–Crippen MR) is 157 cm³/mol. The first-order chi connectivity index (χ1) is 15.1. The molecule has 0 bridgehead atoms. The molecule has 0 amide bonds. The molecule has 2 radical (unpaired) electrons. The van der Waals surface area contributed by atoms with E-state index in [0.29, 0.717) is 23.7 Å². The second-order valence-corrected chi connectivity index (χ2v) is 18.5. The Kier molecular flexibility index (Phi) is 13.8. The van der Waals surface area contributed by atoms with E-state index in [9.17, 15) is 0 Å². The summed E-state index contributed by atoms with van der Waals surface area (Å²) < 4.78 is 6.92. The molecule has 35 heavy (non-hydrogen) atoms. The Hall–Kier alpha value is -0.393. The number of hydrogen-bond donors (Lipinski definition) is 0. The van der Waals surface area contributed by atoms with Crippen LogP contribution in [0.4, 0.5) is 11.4 Å². The maximum Gasteiger partial charge on any atom is 3.00 e. The Balaban J connectivity index is 0.00000578. The molecule has 2 aromatic rings. The van der Waals surface area contributed by atoms with Crippen molar-refractivity contribution < 1.29 is 16.5 Å². The molecule has 0 fully saturated rings. The molecular formula is C28H46BiClN2OSi2. The van der Waals surface area contributed by atoms with Gasteiger partial charge in [-0.3, -0.25) is 0 Å². The average Bonchev–Trinajstić information content (AvgIpc) is 2.65. The van der Waals surface area contributed by atoms with Gasteiger partial charge in [-0.15, -0.1) is 11.4 Å². The van der Waals surface area contributed by atoms with Gasteiger partial charge in [0.2, 0.25) is 0 Å². The first kappa shape index (κ1) is 34.6. The van der Waals surface area contributed by atoms with E-state index in [1.165, 1.54) is 22.3 Å². The summed E-state index contributed by atoms with van der Waals surface area (Å²) in [6.45, 7) is 26.9. The van der Waals surface area contributed by atoms with Crippen molar-refractivity contribution in [3.8, 4) is 0 Å². The summed E-state index contributed by atoms with van der Waals surface area (Å²) >= 11 is 0. The Bertz CT molecular complexity index is 819. The molecule has 0 atom stereocenters. The zero-order chi connectivity index (χ0) is 25.1. The molecular weight excluding hydrogens is 681 g/mol. The summed E-state index contributed by atoms with van der Waals surface area (Å²) in [5.41, 5.74) is 7.55. The van der Waals surface area contributed by atoms with Crippen molar-refractivity contribution >= 4 is 54.5 Å². The van der Waals surface area contributed by atoms with Gasteiger partial charge < -0.3 is 26.5 Å². The molecule has 7 heteroatoms. The summed E-state index contributed by atoms with van der Waals surface area (Å²) in [7, 11) is -4.77. The average molecular weight is 727 g/mol. The summed E-state index contributed by atoms with van der Waals surface area (Å²) in [6, 6.07) is 13.2. The van der Waals surface area contributed by atoms with Crippen LogP contribution in [0.25, 0.3) is 9.96 Å². The van der Waals surface area contributed by atoms with Gasteiger partial charge in [-0.25, -0.2) is 0 Å². The van der Waals surface area contributed by atoms with E-state index in [0.717, 1.165) is 11.4 Å². The molecule has 0 spiro atoms. The van der Waals surface area contributed by atoms with Gasteiger partial charge >= 0.3 is 26.2 Å². The molecule has 2 aromatic carbocycles. The van der Waals surface area contributed by atoms with Crippen molar-refractivity contribution in [2.24, 2.45) is 0 Å². The molecule has 194 valence electrons. The third kappa shape index (κ3) is 9.45. The minimum atomic E-state index is -2.38. The molecule has 0 unspecified atom stereocenters. The third-order valence-electron chi connectivity index (χ3n) is 5.95. The summed E-state index contributed by atoms with van der Waals surface area (Å²) in [5, 5.41) is 0. The largest absolute Gasteiger partial charge is 3.00 e. The first-order valence-corrected chi connectivity index (χ1v) is 18.3. The quantitative estimate of drug-likeness (QED) is 0.245.